The van der Waals surface area contributed by atoms with E-state index in [4.69, 9.17) is 9.47 Å². The number of imidazole rings is 1. The number of aromatic nitrogens is 4. The van der Waals surface area contributed by atoms with Crippen LogP contribution in [0.1, 0.15) is 6.92 Å². The van der Waals surface area contributed by atoms with Crippen molar-refractivity contribution in [3.05, 3.63) is 53.0 Å². The molecule has 1 aromatic carbocycles. The summed E-state index contributed by atoms with van der Waals surface area (Å²) in [7, 11) is 1.39. The first-order valence-electron chi connectivity index (χ1n) is 7.99. The molecule has 0 saturated carbocycles. The Kier molecular flexibility index (Phi) is 3.80. The highest BCUT2D eigenvalue weighted by molar-refractivity contribution is 5.88. The lowest BCUT2D eigenvalue weighted by molar-refractivity contribution is 0.343. The molecule has 0 aliphatic carbocycles. The number of nitrogens with zero attached hydrogens (tertiary/aromatic N) is 3. The van der Waals surface area contributed by atoms with E-state index in [1.165, 1.54) is 11.7 Å². The summed E-state index contributed by atoms with van der Waals surface area (Å²) in [4.78, 5) is 23.5. The van der Waals surface area contributed by atoms with Crippen molar-refractivity contribution in [3.63, 3.8) is 0 Å². The highest BCUT2D eigenvalue weighted by Gasteiger charge is 2.16. The topological polar surface area (TPSA) is 82.0 Å². The van der Waals surface area contributed by atoms with Gasteiger partial charge in [0, 0.05) is 17.6 Å². The lowest BCUT2D eigenvalue weighted by Gasteiger charge is -2.10. The average molecular weight is 354 g/mol. The van der Waals surface area contributed by atoms with Gasteiger partial charge < -0.3 is 9.47 Å². The summed E-state index contributed by atoms with van der Waals surface area (Å²) in [6, 6.07) is 6.78. The molecule has 26 heavy (non-hydrogen) atoms. The quantitative estimate of drug-likeness (QED) is 0.609. The highest BCUT2D eigenvalue weighted by atomic mass is 19.1. The smallest absolute Gasteiger partial charge is 0.332 e. The maximum Gasteiger partial charge on any atom is 0.332 e. The predicted molar refractivity (Wildman–Crippen MR) is 94.7 cm³/mol. The van der Waals surface area contributed by atoms with Crippen molar-refractivity contribution >= 4 is 22.1 Å². The molecule has 4 rings (SSSR count). The van der Waals surface area contributed by atoms with Gasteiger partial charge in [0.25, 0.3) is 0 Å². The minimum atomic E-state index is -0.569. The van der Waals surface area contributed by atoms with E-state index in [0.29, 0.717) is 40.1 Å². The predicted octanol–water partition coefficient (Wildman–Crippen LogP) is 2.81. The van der Waals surface area contributed by atoms with E-state index in [1.807, 2.05) is 6.92 Å². The van der Waals surface area contributed by atoms with Crippen molar-refractivity contribution in [1.29, 1.82) is 0 Å². The van der Waals surface area contributed by atoms with Gasteiger partial charge in [-0.15, -0.1) is 0 Å². The third-order valence-corrected chi connectivity index (χ3v) is 4.06. The number of methoxy groups -OCH3 is 1. The maximum atomic E-state index is 14.0. The van der Waals surface area contributed by atoms with E-state index >= 15 is 0 Å². The molecule has 8 heteroatoms. The molecule has 3 aromatic heterocycles. The van der Waals surface area contributed by atoms with E-state index in [2.05, 4.69) is 15.0 Å². The third kappa shape index (κ3) is 2.38. The van der Waals surface area contributed by atoms with E-state index in [0.717, 1.165) is 6.20 Å². The van der Waals surface area contributed by atoms with Crippen molar-refractivity contribution in [2.75, 3.05) is 13.7 Å². The second kappa shape index (κ2) is 6.14. The van der Waals surface area contributed by atoms with E-state index in [1.54, 1.807) is 30.5 Å². The van der Waals surface area contributed by atoms with E-state index in [9.17, 15) is 9.18 Å². The van der Waals surface area contributed by atoms with Crippen molar-refractivity contribution in [1.82, 2.24) is 19.5 Å². The molecule has 0 aliphatic heterocycles. The van der Waals surface area contributed by atoms with Gasteiger partial charge in [-0.25, -0.2) is 14.2 Å². The van der Waals surface area contributed by atoms with Gasteiger partial charge in [0.2, 0.25) is 0 Å². The summed E-state index contributed by atoms with van der Waals surface area (Å²) in [6.45, 7) is 2.30. The first-order valence-corrected chi connectivity index (χ1v) is 7.99. The van der Waals surface area contributed by atoms with Crippen LogP contribution in [0, 0.1) is 5.82 Å². The average Bonchev–Trinajstić information content (AvgIpc) is 2.98. The molecule has 4 aromatic rings. The SMILES string of the molecule is CCOc1ccnc2[nH]c(=O)n(-c3ccc4ncc(F)c(OC)c4c3)c12. The number of hydrogen-bond donors (Lipinski definition) is 1. The van der Waals surface area contributed by atoms with Crippen molar-refractivity contribution in [2.24, 2.45) is 0 Å². The minimum Gasteiger partial charge on any atom is -0.493 e. The number of benzene rings is 1. The van der Waals surface area contributed by atoms with Crippen molar-refractivity contribution < 1.29 is 13.9 Å². The second-order valence-electron chi connectivity index (χ2n) is 5.55. The standard InChI is InChI=1S/C18H15FN4O3/c1-3-26-14-6-7-20-17-15(14)23(18(24)22-17)10-4-5-13-11(8-10)16(25-2)12(19)9-21-13/h4-9H,3H2,1-2H3,(H,20,22,24). The molecule has 0 radical (unpaired) electrons. The van der Waals surface area contributed by atoms with Crippen LogP contribution in [0.2, 0.25) is 0 Å². The maximum absolute atomic E-state index is 14.0. The Bertz CT molecular complexity index is 1180. The molecule has 0 atom stereocenters. The van der Waals surface area contributed by atoms with Gasteiger partial charge in [-0.05, 0) is 25.1 Å². The van der Waals surface area contributed by atoms with Crippen LogP contribution >= 0.6 is 0 Å². The number of H-pyrrole nitrogens is 1. The molecule has 7 nitrogen and oxygen atoms in total. The van der Waals surface area contributed by atoms with Gasteiger partial charge in [-0.3, -0.25) is 14.5 Å². The number of rotatable bonds is 4. The van der Waals surface area contributed by atoms with Crippen LogP contribution < -0.4 is 15.2 Å². The molecule has 0 bridgehead atoms. The summed E-state index contributed by atoms with van der Waals surface area (Å²) in [5.74, 6) is 0.0354. The third-order valence-electron chi connectivity index (χ3n) is 4.06. The summed E-state index contributed by atoms with van der Waals surface area (Å²) in [6.07, 6.45) is 2.67. The molecule has 1 N–H and O–H groups in total. The number of ether oxygens (including phenoxy) is 2. The summed E-state index contributed by atoms with van der Waals surface area (Å²) < 4.78 is 26.2. The molecule has 0 fully saturated rings. The molecule has 0 saturated heterocycles. The first-order chi connectivity index (χ1) is 12.6. The fraction of sp³-hybridized carbons (Fsp3) is 0.167. The second-order valence-corrected chi connectivity index (χ2v) is 5.55. The van der Waals surface area contributed by atoms with Gasteiger partial charge in [0.1, 0.15) is 11.3 Å². The Morgan fingerprint density at radius 3 is 2.88 bits per heavy atom. The highest BCUT2D eigenvalue weighted by Crippen LogP contribution is 2.30. The van der Waals surface area contributed by atoms with E-state index < -0.39 is 5.82 Å². The molecule has 0 spiro atoms. The Balaban J connectivity index is 2.04. The zero-order valence-electron chi connectivity index (χ0n) is 14.1. The van der Waals surface area contributed by atoms with Crippen molar-refractivity contribution in [3.8, 4) is 17.2 Å². The fourth-order valence-corrected chi connectivity index (χ4v) is 3.00. The number of fused-ring (bicyclic) bond motifs is 2. The number of aromatic amines is 1. The lowest BCUT2D eigenvalue weighted by Crippen LogP contribution is -2.15. The van der Waals surface area contributed by atoms with Gasteiger partial charge in [-0.1, -0.05) is 0 Å². The number of halogens is 1. The summed E-state index contributed by atoms with van der Waals surface area (Å²) in [5, 5.41) is 0.466. The number of pyridine rings is 2. The first kappa shape index (κ1) is 16.1. The fourth-order valence-electron chi connectivity index (χ4n) is 3.00. The van der Waals surface area contributed by atoms with Crippen LogP contribution in [-0.4, -0.2) is 33.2 Å². The zero-order valence-corrected chi connectivity index (χ0v) is 14.1. The molecule has 0 unspecified atom stereocenters. The molecular weight excluding hydrogens is 339 g/mol. The summed E-state index contributed by atoms with van der Waals surface area (Å²) in [5.41, 5.74) is 1.63. The minimum absolute atomic E-state index is 0.0768. The molecule has 0 amide bonds. The van der Waals surface area contributed by atoms with Gasteiger partial charge in [-0.2, -0.15) is 0 Å². The Labute approximate surface area is 147 Å². The van der Waals surface area contributed by atoms with Crippen molar-refractivity contribution in [2.45, 2.75) is 6.92 Å². The largest absolute Gasteiger partial charge is 0.493 e. The van der Waals surface area contributed by atoms with Crippen LogP contribution in [0.3, 0.4) is 0 Å². The molecule has 0 aliphatic rings. The normalized spacial score (nSPS) is 11.2. The molecule has 132 valence electrons. The zero-order chi connectivity index (χ0) is 18.3. The number of nitrogens with one attached hydrogen (secondary N) is 1. The van der Waals surface area contributed by atoms with E-state index in [-0.39, 0.29) is 11.4 Å². The van der Waals surface area contributed by atoms with Crippen LogP contribution in [0.25, 0.3) is 27.8 Å². The molecular formula is C18H15FN4O3. The van der Waals surface area contributed by atoms with Gasteiger partial charge in [0.05, 0.1) is 31.1 Å². The monoisotopic (exact) mass is 354 g/mol. The van der Waals surface area contributed by atoms with Crippen LogP contribution in [0.15, 0.2) is 41.5 Å². The number of hydrogen-bond acceptors (Lipinski definition) is 5. The lowest BCUT2D eigenvalue weighted by atomic mass is 10.1. The Morgan fingerprint density at radius 1 is 1.27 bits per heavy atom. The Hall–Kier alpha value is -3.42. The van der Waals surface area contributed by atoms with Crippen LogP contribution in [0.4, 0.5) is 4.39 Å². The van der Waals surface area contributed by atoms with Gasteiger partial charge in [0.15, 0.2) is 17.2 Å². The molecule has 3 heterocycles. The van der Waals surface area contributed by atoms with Crippen LogP contribution in [-0.2, 0) is 0 Å². The van der Waals surface area contributed by atoms with Gasteiger partial charge >= 0.3 is 5.69 Å². The summed E-state index contributed by atoms with van der Waals surface area (Å²) >= 11 is 0. The van der Waals surface area contributed by atoms with Crippen LogP contribution in [0.5, 0.6) is 11.5 Å². The Morgan fingerprint density at radius 2 is 2.12 bits per heavy atom.